The summed E-state index contributed by atoms with van der Waals surface area (Å²) in [5, 5.41) is 6.71. The van der Waals surface area contributed by atoms with Gasteiger partial charge in [0.1, 0.15) is 0 Å². The van der Waals surface area contributed by atoms with E-state index in [1.165, 1.54) is 4.31 Å². The Bertz CT molecular complexity index is 1330. The molecule has 1 amide bonds. The van der Waals surface area contributed by atoms with Crippen molar-refractivity contribution in [1.29, 1.82) is 0 Å². The molecule has 3 aliphatic rings. The molecule has 43 heavy (non-hydrogen) atoms. The van der Waals surface area contributed by atoms with Gasteiger partial charge >= 0.3 is 0 Å². The van der Waals surface area contributed by atoms with Crippen LogP contribution in [0.15, 0.2) is 59.5 Å². The third-order valence-electron chi connectivity index (χ3n) is 9.21. The van der Waals surface area contributed by atoms with Gasteiger partial charge in [0.2, 0.25) is 15.9 Å². The Morgan fingerprint density at radius 2 is 1.79 bits per heavy atom. The van der Waals surface area contributed by atoms with Crippen molar-refractivity contribution in [1.82, 2.24) is 14.9 Å². The van der Waals surface area contributed by atoms with Crippen LogP contribution in [-0.4, -0.2) is 75.5 Å². The molecule has 2 aromatic carbocycles. The molecule has 1 aliphatic carbocycles. The highest BCUT2D eigenvalue weighted by Gasteiger charge is 2.48. The molecule has 12 heteroatoms. The molecular formula is C31H41ClF2N4O4S. The van der Waals surface area contributed by atoms with Crippen molar-refractivity contribution < 1.29 is 26.7 Å². The molecule has 5 atom stereocenters. The average Bonchev–Trinajstić information content (AvgIpc) is 3.30. The number of amides is 1. The Morgan fingerprint density at radius 1 is 1.09 bits per heavy atom. The van der Waals surface area contributed by atoms with E-state index in [2.05, 4.69) is 10.6 Å². The van der Waals surface area contributed by atoms with E-state index in [-0.39, 0.29) is 29.2 Å². The van der Waals surface area contributed by atoms with E-state index in [1.54, 1.807) is 42.5 Å². The largest absolute Gasteiger partial charge is 0.381 e. The SMILES string of the molecule is N[C@H](C(=O)NC1CC(F)(F)CC1CC[C@H]1CNCCN1S(=O)(=O)c1ccccc1)[C@H](c1ccc(Cl)cc1)C1CCOCC1. The molecule has 0 aromatic heterocycles. The smallest absolute Gasteiger partial charge is 0.250 e. The van der Waals surface area contributed by atoms with E-state index >= 15 is 0 Å². The van der Waals surface area contributed by atoms with E-state index in [0.717, 1.165) is 18.4 Å². The second-order valence-corrected chi connectivity index (χ2v) is 14.4. The maximum Gasteiger partial charge on any atom is 0.250 e. The van der Waals surface area contributed by atoms with Crippen molar-refractivity contribution in [2.45, 2.75) is 73.4 Å². The topological polar surface area (TPSA) is 114 Å². The normalized spacial score (nSPS) is 26.6. The predicted octanol–water partition coefficient (Wildman–Crippen LogP) is 4.15. The summed E-state index contributed by atoms with van der Waals surface area (Å²) in [6.07, 6.45) is 1.41. The zero-order chi connectivity index (χ0) is 30.6. The number of nitrogens with zero attached hydrogens (tertiary/aromatic N) is 1. The second kappa shape index (κ2) is 13.9. The number of hydrogen-bond acceptors (Lipinski definition) is 6. The number of nitrogens with one attached hydrogen (secondary N) is 2. The van der Waals surface area contributed by atoms with Gasteiger partial charge < -0.3 is 21.1 Å². The fourth-order valence-electron chi connectivity index (χ4n) is 6.98. The molecule has 1 saturated carbocycles. The molecule has 2 unspecified atom stereocenters. The average molecular weight is 639 g/mol. The minimum Gasteiger partial charge on any atom is -0.381 e. The molecule has 8 nitrogen and oxygen atoms in total. The van der Waals surface area contributed by atoms with Gasteiger partial charge in [-0.05, 0) is 67.3 Å². The molecular weight excluding hydrogens is 598 g/mol. The Labute approximate surface area is 257 Å². The summed E-state index contributed by atoms with van der Waals surface area (Å²) < 4.78 is 63.4. The molecule has 0 spiro atoms. The zero-order valence-corrected chi connectivity index (χ0v) is 25.7. The third kappa shape index (κ3) is 7.75. The van der Waals surface area contributed by atoms with Crippen molar-refractivity contribution >= 4 is 27.5 Å². The van der Waals surface area contributed by atoms with Crippen molar-refractivity contribution in [2.24, 2.45) is 17.6 Å². The van der Waals surface area contributed by atoms with Gasteiger partial charge in [-0.15, -0.1) is 0 Å². The Kier molecular flexibility index (Phi) is 10.4. The number of rotatable bonds is 10. The fourth-order valence-corrected chi connectivity index (χ4v) is 8.79. The molecule has 2 aromatic rings. The maximum atomic E-state index is 14.8. The fraction of sp³-hybridized carbons (Fsp3) is 0.581. The van der Waals surface area contributed by atoms with Crippen LogP contribution in [0.2, 0.25) is 5.02 Å². The van der Waals surface area contributed by atoms with Crippen LogP contribution in [0.3, 0.4) is 0 Å². The number of sulfonamides is 1. The number of nitrogens with two attached hydrogens (primary N) is 1. The minimum atomic E-state index is -3.73. The first-order valence-electron chi connectivity index (χ1n) is 15.1. The highest BCUT2D eigenvalue weighted by molar-refractivity contribution is 7.89. The lowest BCUT2D eigenvalue weighted by Crippen LogP contribution is -2.54. The number of carbonyl (C=O) groups excluding carboxylic acids is 1. The van der Waals surface area contributed by atoms with Gasteiger partial charge in [0, 0.05) is 68.7 Å². The van der Waals surface area contributed by atoms with Crippen molar-refractivity contribution in [2.75, 3.05) is 32.8 Å². The molecule has 5 rings (SSSR count). The Hall–Kier alpha value is -2.15. The van der Waals surface area contributed by atoms with Gasteiger partial charge in [-0.1, -0.05) is 41.9 Å². The summed E-state index contributed by atoms with van der Waals surface area (Å²) in [6, 6.07) is 13.5. The standard InChI is InChI=1S/C31H41ClF2N4O4S/c32-24-9-6-21(7-10-24)28(22-12-16-42-17-13-22)29(35)30(39)37-27-19-31(33,34)18-23(27)8-11-25-20-36-14-15-38(25)43(40,41)26-4-2-1-3-5-26/h1-7,9-10,22-23,25,27-29,36H,8,11-20,35H2,(H,37,39)/t23?,25-,27?,28+,29-/m0/s1. The van der Waals surface area contributed by atoms with E-state index in [0.29, 0.717) is 50.7 Å². The van der Waals surface area contributed by atoms with Gasteiger partial charge in [0.15, 0.2) is 0 Å². The van der Waals surface area contributed by atoms with Gasteiger partial charge in [0.05, 0.1) is 10.9 Å². The molecule has 2 saturated heterocycles. The molecule has 4 N–H and O–H groups in total. The number of halogens is 3. The number of benzene rings is 2. The highest BCUT2D eigenvalue weighted by Crippen LogP contribution is 2.42. The van der Waals surface area contributed by atoms with Gasteiger partial charge in [0.25, 0.3) is 5.92 Å². The summed E-state index contributed by atoms with van der Waals surface area (Å²) in [6.45, 7) is 2.41. The molecule has 0 radical (unpaired) electrons. The summed E-state index contributed by atoms with van der Waals surface area (Å²) >= 11 is 6.11. The highest BCUT2D eigenvalue weighted by atomic mass is 35.5. The number of carbonyl (C=O) groups is 1. The van der Waals surface area contributed by atoms with E-state index in [1.807, 2.05) is 12.1 Å². The lowest BCUT2D eigenvalue weighted by molar-refractivity contribution is -0.124. The Morgan fingerprint density at radius 3 is 2.49 bits per heavy atom. The quantitative estimate of drug-likeness (QED) is 0.360. The molecule has 2 heterocycles. The van der Waals surface area contributed by atoms with E-state index < -0.39 is 46.3 Å². The number of piperazine rings is 1. The zero-order valence-electron chi connectivity index (χ0n) is 24.1. The van der Waals surface area contributed by atoms with Gasteiger partial charge in [-0.25, -0.2) is 17.2 Å². The van der Waals surface area contributed by atoms with Crippen LogP contribution in [0.1, 0.15) is 50.0 Å². The molecule has 2 aliphatic heterocycles. The van der Waals surface area contributed by atoms with Crippen molar-refractivity contribution in [3.8, 4) is 0 Å². The Balaban J connectivity index is 1.28. The first-order chi connectivity index (χ1) is 20.5. The van der Waals surface area contributed by atoms with Crippen LogP contribution in [0.4, 0.5) is 8.78 Å². The summed E-state index contributed by atoms with van der Waals surface area (Å²) in [5.41, 5.74) is 7.50. The first-order valence-corrected chi connectivity index (χ1v) is 16.9. The van der Waals surface area contributed by atoms with Crippen molar-refractivity contribution in [3.63, 3.8) is 0 Å². The van der Waals surface area contributed by atoms with Gasteiger partial charge in [-0.2, -0.15) is 4.31 Å². The monoisotopic (exact) mass is 638 g/mol. The third-order valence-corrected chi connectivity index (χ3v) is 11.4. The van der Waals surface area contributed by atoms with Crippen LogP contribution < -0.4 is 16.4 Å². The van der Waals surface area contributed by atoms with E-state index in [4.69, 9.17) is 22.1 Å². The van der Waals surface area contributed by atoms with Crippen LogP contribution in [-0.2, 0) is 19.6 Å². The van der Waals surface area contributed by atoms with E-state index in [9.17, 15) is 22.0 Å². The maximum absolute atomic E-state index is 14.8. The van der Waals surface area contributed by atoms with Crippen LogP contribution in [0, 0.1) is 11.8 Å². The predicted molar refractivity (Wildman–Crippen MR) is 162 cm³/mol. The molecule has 0 bridgehead atoms. The van der Waals surface area contributed by atoms with Crippen molar-refractivity contribution in [3.05, 3.63) is 65.2 Å². The number of ether oxygens (including phenoxy) is 1. The lowest BCUT2D eigenvalue weighted by Gasteiger charge is -2.36. The summed E-state index contributed by atoms with van der Waals surface area (Å²) in [4.78, 5) is 13.8. The summed E-state index contributed by atoms with van der Waals surface area (Å²) in [7, 11) is -3.73. The lowest BCUT2D eigenvalue weighted by atomic mass is 9.76. The minimum absolute atomic E-state index is 0.104. The van der Waals surface area contributed by atoms with Crippen LogP contribution >= 0.6 is 11.6 Å². The first kappa shape index (κ1) is 32.2. The number of hydrogen-bond donors (Lipinski definition) is 3. The van der Waals surface area contributed by atoms with Gasteiger partial charge in [-0.3, -0.25) is 4.79 Å². The molecule has 236 valence electrons. The number of alkyl halides is 2. The summed E-state index contributed by atoms with van der Waals surface area (Å²) in [5.74, 6) is -4.10. The van der Waals surface area contributed by atoms with Crippen LogP contribution in [0.25, 0.3) is 0 Å². The molecule has 3 fully saturated rings. The van der Waals surface area contributed by atoms with Crippen LogP contribution in [0.5, 0.6) is 0 Å². The second-order valence-electron chi connectivity index (χ2n) is 12.1.